The van der Waals surface area contributed by atoms with Crippen molar-refractivity contribution >= 4 is 28.6 Å². The van der Waals surface area contributed by atoms with Gasteiger partial charge in [-0.15, -0.1) is 11.3 Å². The zero-order valence-electron chi connectivity index (χ0n) is 14.2. The van der Waals surface area contributed by atoms with Crippen LogP contribution in [0.15, 0.2) is 52.8 Å². The molecule has 1 aromatic carbocycles. The highest BCUT2D eigenvalue weighted by Crippen LogP contribution is 2.21. The zero-order chi connectivity index (χ0) is 16.9. The van der Waals surface area contributed by atoms with Crippen molar-refractivity contribution in [3.05, 3.63) is 58.3 Å². The van der Waals surface area contributed by atoms with Gasteiger partial charge in [0.15, 0.2) is 0 Å². The molecule has 2 aromatic rings. The highest BCUT2D eigenvalue weighted by atomic mass is 32.1. The Bertz CT molecular complexity index is 803. The molecule has 0 radical (unpaired) electrons. The van der Waals surface area contributed by atoms with E-state index in [0.717, 1.165) is 23.5 Å². The molecule has 1 aromatic heterocycles. The van der Waals surface area contributed by atoms with Crippen LogP contribution in [0, 0.1) is 11.8 Å². The van der Waals surface area contributed by atoms with Gasteiger partial charge in [0.2, 0.25) is 0 Å². The number of benzene rings is 1. The minimum atomic E-state index is -0.0107. The predicted octanol–water partition coefficient (Wildman–Crippen LogP) is 3.99. The predicted molar refractivity (Wildman–Crippen MR) is 105 cm³/mol. The van der Waals surface area contributed by atoms with Crippen molar-refractivity contribution < 1.29 is 0 Å². The molecule has 1 atom stereocenters. The van der Waals surface area contributed by atoms with Gasteiger partial charge < -0.3 is 10.2 Å². The maximum atomic E-state index is 4.67. The van der Waals surface area contributed by atoms with E-state index in [1.807, 2.05) is 21.0 Å². The number of hydrogen-bond acceptors (Lipinski definition) is 4. The first-order chi connectivity index (χ1) is 11.6. The van der Waals surface area contributed by atoms with Gasteiger partial charge in [-0.2, -0.15) is 0 Å². The summed E-state index contributed by atoms with van der Waals surface area (Å²) in [4.78, 5) is 7.99. The van der Waals surface area contributed by atoms with Gasteiger partial charge in [-0.1, -0.05) is 24.0 Å². The molecule has 24 heavy (non-hydrogen) atoms. The van der Waals surface area contributed by atoms with Gasteiger partial charge in [0, 0.05) is 31.8 Å². The van der Waals surface area contributed by atoms with E-state index in [9.17, 15) is 0 Å². The largest absolute Gasteiger partial charge is 0.378 e. The van der Waals surface area contributed by atoms with Gasteiger partial charge in [-0.05, 0) is 42.6 Å². The van der Waals surface area contributed by atoms with Crippen molar-refractivity contribution in [3.63, 3.8) is 0 Å². The highest BCUT2D eigenvalue weighted by Gasteiger charge is 2.11. The molecule has 0 amide bonds. The number of anilines is 1. The maximum Gasteiger partial charge on any atom is 0.116 e. The molecule has 0 fully saturated rings. The highest BCUT2D eigenvalue weighted by molar-refractivity contribution is 7.11. The lowest BCUT2D eigenvalue weighted by Crippen LogP contribution is -2.18. The molecule has 1 aliphatic rings. The summed E-state index contributed by atoms with van der Waals surface area (Å²) in [7, 11) is 4.07. The molecule has 1 aliphatic heterocycles. The molecule has 0 saturated carbocycles. The normalized spacial score (nSPS) is 16.9. The number of nitrogens with one attached hydrogen (secondary N) is 1. The third-order valence-electron chi connectivity index (χ3n) is 3.76. The van der Waals surface area contributed by atoms with Crippen LogP contribution in [0.3, 0.4) is 0 Å². The number of aliphatic imine (C=N–C) groups is 1. The first kappa shape index (κ1) is 16.4. The molecule has 2 heterocycles. The molecule has 122 valence electrons. The van der Waals surface area contributed by atoms with Crippen LogP contribution >= 0.6 is 11.3 Å². The minimum Gasteiger partial charge on any atom is -0.378 e. The van der Waals surface area contributed by atoms with Crippen LogP contribution in [0.5, 0.6) is 0 Å². The van der Waals surface area contributed by atoms with Crippen molar-refractivity contribution in [2.24, 2.45) is 4.99 Å². The van der Waals surface area contributed by atoms with E-state index in [1.165, 1.54) is 10.6 Å². The quantitative estimate of drug-likeness (QED) is 0.841. The van der Waals surface area contributed by atoms with Gasteiger partial charge in [0.25, 0.3) is 0 Å². The topological polar surface area (TPSA) is 27.6 Å². The van der Waals surface area contributed by atoms with Crippen molar-refractivity contribution in [2.75, 3.05) is 19.0 Å². The zero-order valence-corrected chi connectivity index (χ0v) is 15.0. The summed E-state index contributed by atoms with van der Waals surface area (Å²) in [5.74, 6) is 7.45. The second-order valence-corrected chi connectivity index (χ2v) is 6.84. The first-order valence-corrected chi connectivity index (χ1v) is 8.84. The van der Waals surface area contributed by atoms with Crippen LogP contribution in [0.4, 0.5) is 5.69 Å². The summed E-state index contributed by atoms with van der Waals surface area (Å²) in [5, 5.41) is 5.46. The molecular weight excluding hydrogens is 314 g/mol. The minimum absolute atomic E-state index is 0.0107. The van der Waals surface area contributed by atoms with Crippen molar-refractivity contribution in [1.29, 1.82) is 0 Å². The number of nitrogens with zero attached hydrogens (tertiary/aromatic N) is 2. The average Bonchev–Trinajstić information content (AvgIpc) is 3.04. The Morgan fingerprint density at radius 2 is 2.00 bits per heavy atom. The number of hydrogen-bond donors (Lipinski definition) is 1. The molecule has 1 unspecified atom stereocenters. The third-order valence-corrected chi connectivity index (χ3v) is 4.67. The van der Waals surface area contributed by atoms with Crippen molar-refractivity contribution in [2.45, 2.75) is 19.4 Å². The van der Waals surface area contributed by atoms with Gasteiger partial charge >= 0.3 is 0 Å². The fraction of sp³-hybridized carbons (Fsp3) is 0.250. The SMILES string of the molecule is CC1=NC(C#Cc2ccc(N(C)C)cc2)CC=C(c2cccs2)N1. The Hall–Kier alpha value is -2.51. The summed E-state index contributed by atoms with van der Waals surface area (Å²) in [6, 6.07) is 12.5. The Balaban J connectivity index is 1.75. The van der Waals surface area contributed by atoms with Crippen molar-refractivity contribution in [3.8, 4) is 11.8 Å². The lowest BCUT2D eigenvalue weighted by Gasteiger charge is -2.11. The van der Waals surface area contributed by atoms with Crippen LogP contribution in [-0.4, -0.2) is 26.0 Å². The van der Waals surface area contributed by atoms with Crippen molar-refractivity contribution in [1.82, 2.24) is 5.32 Å². The van der Waals surface area contributed by atoms with Gasteiger partial charge in [-0.25, -0.2) is 0 Å². The molecule has 0 aliphatic carbocycles. The molecule has 1 N–H and O–H groups in total. The number of thiophene rings is 1. The Morgan fingerprint density at radius 3 is 2.67 bits per heavy atom. The fourth-order valence-electron chi connectivity index (χ4n) is 2.49. The number of amidine groups is 1. The molecule has 3 rings (SSSR count). The van der Waals surface area contributed by atoms with Gasteiger partial charge in [-0.3, -0.25) is 4.99 Å². The van der Waals surface area contributed by atoms with Crippen LogP contribution in [0.1, 0.15) is 23.8 Å². The summed E-state index contributed by atoms with van der Waals surface area (Å²) in [6.45, 7) is 1.99. The van der Waals surface area contributed by atoms with E-state index < -0.39 is 0 Å². The van der Waals surface area contributed by atoms with Gasteiger partial charge in [0.1, 0.15) is 6.04 Å². The lowest BCUT2D eigenvalue weighted by atomic mass is 10.1. The van der Waals surface area contributed by atoms with Crippen LogP contribution in [0.25, 0.3) is 5.70 Å². The Labute approximate surface area is 147 Å². The maximum absolute atomic E-state index is 4.67. The third kappa shape index (κ3) is 4.06. The summed E-state index contributed by atoms with van der Waals surface area (Å²) < 4.78 is 0. The fourth-order valence-corrected chi connectivity index (χ4v) is 3.21. The summed E-state index contributed by atoms with van der Waals surface area (Å²) >= 11 is 1.73. The summed E-state index contributed by atoms with van der Waals surface area (Å²) in [5.41, 5.74) is 3.33. The molecule has 0 saturated heterocycles. The van der Waals surface area contributed by atoms with Crippen LogP contribution in [0.2, 0.25) is 0 Å². The lowest BCUT2D eigenvalue weighted by molar-refractivity contribution is 0.866. The van der Waals surface area contributed by atoms with Gasteiger partial charge in [0.05, 0.1) is 16.4 Å². The van der Waals surface area contributed by atoms with E-state index in [-0.39, 0.29) is 6.04 Å². The first-order valence-electron chi connectivity index (χ1n) is 7.96. The number of rotatable bonds is 2. The standard InChI is InChI=1S/C20H21N3S/c1-15-21-17(10-13-19(22-15)20-5-4-14-24-20)9-6-16-7-11-18(12-8-16)23(2)3/h4-5,7-8,11-14,17H,10H2,1-3H3,(H,21,22). The molecule has 0 bridgehead atoms. The smallest absolute Gasteiger partial charge is 0.116 e. The monoisotopic (exact) mass is 335 g/mol. The van der Waals surface area contributed by atoms with Crippen LogP contribution in [-0.2, 0) is 0 Å². The molecule has 4 heteroatoms. The van der Waals surface area contributed by atoms with E-state index in [4.69, 9.17) is 0 Å². The second kappa shape index (κ2) is 7.37. The molecular formula is C20H21N3S. The van der Waals surface area contributed by atoms with E-state index >= 15 is 0 Å². The van der Waals surface area contributed by atoms with E-state index in [2.05, 4.69) is 74.9 Å². The second-order valence-electron chi connectivity index (χ2n) is 5.90. The Kier molecular flexibility index (Phi) is 5.02. The average molecular weight is 335 g/mol. The molecule has 3 nitrogen and oxygen atoms in total. The van der Waals surface area contributed by atoms with E-state index in [1.54, 1.807) is 11.3 Å². The van der Waals surface area contributed by atoms with E-state index in [0.29, 0.717) is 0 Å². The summed E-state index contributed by atoms with van der Waals surface area (Å²) in [6.07, 6.45) is 3.01. The Morgan fingerprint density at radius 1 is 1.21 bits per heavy atom. The molecule has 0 spiro atoms. The van der Waals surface area contributed by atoms with Crippen LogP contribution < -0.4 is 10.2 Å².